The summed E-state index contributed by atoms with van der Waals surface area (Å²) in [5.74, 6) is 0.426. The van der Waals surface area contributed by atoms with Crippen molar-refractivity contribution >= 4 is 40.7 Å². The Morgan fingerprint density at radius 3 is 2.33 bits per heavy atom. The largest absolute Gasteiger partial charge is 0.452 e. The van der Waals surface area contributed by atoms with Crippen molar-refractivity contribution in [2.75, 3.05) is 20.4 Å². The molecule has 2 rings (SSSR count). The topological polar surface area (TPSA) is 29.5 Å². The van der Waals surface area contributed by atoms with E-state index in [2.05, 4.69) is 0 Å². The second kappa shape index (κ2) is 8.47. The average molecular weight is 382 g/mol. The highest BCUT2D eigenvalue weighted by Crippen LogP contribution is 2.26. The number of carbonyl (C=O) groups excluding carboxylic acids is 1. The van der Waals surface area contributed by atoms with Gasteiger partial charge in [0.15, 0.2) is 5.76 Å². The number of ketones is 1. The number of carbonyl (C=O) groups is 1. The molecule has 2 aromatic carbocycles. The molecule has 126 valence electrons. The van der Waals surface area contributed by atoms with Crippen molar-refractivity contribution in [1.29, 1.82) is 0 Å². The zero-order valence-corrected chi connectivity index (χ0v) is 15.9. The first kappa shape index (κ1) is 18.7. The molecule has 0 saturated heterocycles. The van der Waals surface area contributed by atoms with Crippen molar-refractivity contribution in [1.82, 2.24) is 4.90 Å². The molecule has 0 aliphatic carbocycles. The fraction of sp³-hybridized carbons (Fsp3) is 0.167. The molecule has 0 N–H and O–H groups in total. The van der Waals surface area contributed by atoms with E-state index in [9.17, 15) is 4.79 Å². The highest BCUT2D eigenvalue weighted by atomic mass is 35.5. The lowest BCUT2D eigenvalue weighted by Gasteiger charge is -2.14. The molecule has 0 radical (unpaired) electrons. The number of halogens is 2. The number of hydrogen-bond donors (Lipinski definition) is 0. The summed E-state index contributed by atoms with van der Waals surface area (Å²) in [6.07, 6.45) is 3.57. The van der Waals surface area contributed by atoms with Crippen LogP contribution in [0.1, 0.15) is 10.4 Å². The molecule has 3 nitrogen and oxygen atoms in total. The van der Waals surface area contributed by atoms with Crippen molar-refractivity contribution in [3.05, 3.63) is 70.0 Å². The molecular weight excluding hydrogens is 365 g/mol. The van der Waals surface area contributed by atoms with Crippen LogP contribution in [0, 0.1) is 0 Å². The molecule has 0 amide bonds. The van der Waals surface area contributed by atoms with Gasteiger partial charge in [-0.3, -0.25) is 4.79 Å². The van der Waals surface area contributed by atoms with Crippen LogP contribution >= 0.6 is 35.0 Å². The summed E-state index contributed by atoms with van der Waals surface area (Å²) in [7, 11) is 3.63. The van der Waals surface area contributed by atoms with Gasteiger partial charge in [0.2, 0.25) is 5.78 Å². The number of ether oxygens (including phenoxy) is 1. The van der Waals surface area contributed by atoms with E-state index in [4.69, 9.17) is 27.9 Å². The van der Waals surface area contributed by atoms with Crippen LogP contribution in [-0.4, -0.2) is 31.0 Å². The summed E-state index contributed by atoms with van der Waals surface area (Å²) in [6, 6.07) is 12.2. The van der Waals surface area contributed by atoms with Gasteiger partial charge in [-0.25, -0.2) is 0 Å². The molecule has 0 aliphatic rings. The van der Waals surface area contributed by atoms with Gasteiger partial charge in [-0.05, 0) is 48.7 Å². The van der Waals surface area contributed by atoms with E-state index in [1.807, 2.05) is 26.4 Å². The standard InChI is InChI=1S/C18H17Cl2NO2S/c1-21(2)11-17(23-13-6-4-12(19)5-7-13)18(22)15-9-8-14(24-3)10-16(15)20/h4-11H,1-3H3/b17-11+. The number of rotatable bonds is 6. The van der Waals surface area contributed by atoms with E-state index in [-0.39, 0.29) is 11.5 Å². The lowest BCUT2D eigenvalue weighted by Crippen LogP contribution is -2.15. The minimum Gasteiger partial charge on any atom is -0.452 e. The number of thioether (sulfide) groups is 1. The van der Waals surface area contributed by atoms with Gasteiger partial charge in [0, 0.05) is 35.8 Å². The van der Waals surface area contributed by atoms with Gasteiger partial charge in [0.05, 0.1) is 5.02 Å². The van der Waals surface area contributed by atoms with Crippen molar-refractivity contribution in [3.63, 3.8) is 0 Å². The van der Waals surface area contributed by atoms with Crippen LogP contribution in [-0.2, 0) is 0 Å². The third-order valence-corrected chi connectivity index (χ3v) is 4.35. The van der Waals surface area contributed by atoms with E-state index in [0.29, 0.717) is 21.4 Å². The van der Waals surface area contributed by atoms with E-state index in [1.165, 1.54) is 0 Å². The third kappa shape index (κ3) is 4.94. The second-order valence-corrected chi connectivity index (χ2v) is 6.91. The molecule has 24 heavy (non-hydrogen) atoms. The first-order chi connectivity index (χ1) is 11.4. The summed E-state index contributed by atoms with van der Waals surface area (Å²) < 4.78 is 5.76. The number of nitrogens with zero attached hydrogens (tertiary/aromatic N) is 1. The molecule has 0 atom stereocenters. The monoisotopic (exact) mass is 381 g/mol. The van der Waals surface area contributed by atoms with Crippen LogP contribution < -0.4 is 4.74 Å². The fourth-order valence-corrected chi connectivity index (χ4v) is 2.83. The zero-order chi connectivity index (χ0) is 17.7. The number of allylic oxidation sites excluding steroid dienone is 1. The molecule has 6 heteroatoms. The second-order valence-electron chi connectivity index (χ2n) is 5.19. The Labute approximate surface area is 156 Å². The van der Waals surface area contributed by atoms with E-state index in [0.717, 1.165) is 4.90 Å². The van der Waals surface area contributed by atoms with E-state index in [1.54, 1.807) is 59.3 Å². The predicted octanol–water partition coefficient (Wildman–Crippen LogP) is 5.38. The first-order valence-corrected chi connectivity index (χ1v) is 9.08. The van der Waals surface area contributed by atoms with Gasteiger partial charge in [-0.2, -0.15) is 0 Å². The van der Waals surface area contributed by atoms with Crippen molar-refractivity contribution < 1.29 is 9.53 Å². The highest BCUT2D eigenvalue weighted by Gasteiger charge is 2.19. The molecule has 0 bridgehead atoms. The maximum Gasteiger partial charge on any atom is 0.231 e. The lowest BCUT2D eigenvalue weighted by molar-refractivity contribution is 0.0982. The summed E-state index contributed by atoms with van der Waals surface area (Å²) in [4.78, 5) is 15.6. The number of hydrogen-bond acceptors (Lipinski definition) is 4. The minimum atomic E-state index is -0.281. The number of Topliss-reactive ketones (excluding diaryl/α,β-unsaturated/α-hetero) is 1. The molecule has 0 unspecified atom stereocenters. The summed E-state index contributed by atoms with van der Waals surface area (Å²) >= 11 is 13.7. The zero-order valence-electron chi connectivity index (χ0n) is 13.5. The van der Waals surface area contributed by atoms with Crippen LogP contribution in [0.3, 0.4) is 0 Å². The maximum absolute atomic E-state index is 12.8. The van der Waals surface area contributed by atoms with Crippen LogP contribution in [0.25, 0.3) is 0 Å². The molecule has 0 aliphatic heterocycles. The lowest BCUT2D eigenvalue weighted by atomic mass is 10.1. The predicted molar refractivity (Wildman–Crippen MR) is 101 cm³/mol. The van der Waals surface area contributed by atoms with Gasteiger partial charge >= 0.3 is 0 Å². The molecular formula is C18H17Cl2NO2S. The molecule has 2 aromatic rings. The van der Waals surface area contributed by atoms with Gasteiger partial charge in [0.1, 0.15) is 5.75 Å². The summed E-state index contributed by atoms with van der Waals surface area (Å²) in [6.45, 7) is 0. The van der Waals surface area contributed by atoms with Crippen molar-refractivity contribution in [3.8, 4) is 5.75 Å². The molecule has 0 fully saturated rings. The Morgan fingerprint density at radius 2 is 1.79 bits per heavy atom. The molecule has 0 spiro atoms. The number of benzene rings is 2. The van der Waals surface area contributed by atoms with Crippen LogP contribution in [0.15, 0.2) is 59.3 Å². The smallest absolute Gasteiger partial charge is 0.231 e. The first-order valence-electron chi connectivity index (χ1n) is 7.10. The quantitative estimate of drug-likeness (QED) is 0.290. The Bertz CT molecular complexity index is 758. The van der Waals surface area contributed by atoms with Gasteiger partial charge < -0.3 is 9.64 Å². The Hall–Kier alpha value is -1.62. The van der Waals surface area contributed by atoms with Crippen LogP contribution in [0.5, 0.6) is 5.75 Å². The van der Waals surface area contributed by atoms with Gasteiger partial charge in [-0.15, -0.1) is 11.8 Å². The fourth-order valence-electron chi connectivity index (χ4n) is 1.94. The Balaban J connectivity index is 2.34. The Morgan fingerprint density at radius 1 is 1.12 bits per heavy atom. The highest BCUT2D eigenvalue weighted by molar-refractivity contribution is 7.98. The molecule has 0 saturated carbocycles. The maximum atomic E-state index is 12.8. The molecule has 0 aromatic heterocycles. The van der Waals surface area contributed by atoms with Gasteiger partial charge in [-0.1, -0.05) is 23.2 Å². The van der Waals surface area contributed by atoms with Crippen LogP contribution in [0.4, 0.5) is 0 Å². The Kier molecular flexibility index (Phi) is 6.60. The van der Waals surface area contributed by atoms with Crippen LogP contribution in [0.2, 0.25) is 10.0 Å². The van der Waals surface area contributed by atoms with Crippen molar-refractivity contribution in [2.24, 2.45) is 0 Å². The molecule has 0 heterocycles. The van der Waals surface area contributed by atoms with E-state index < -0.39 is 0 Å². The van der Waals surface area contributed by atoms with Gasteiger partial charge in [0.25, 0.3) is 0 Å². The normalized spacial score (nSPS) is 11.3. The minimum absolute atomic E-state index is 0.182. The average Bonchev–Trinajstić information content (AvgIpc) is 2.55. The summed E-state index contributed by atoms with van der Waals surface area (Å²) in [5, 5.41) is 0.999. The van der Waals surface area contributed by atoms with Crippen molar-refractivity contribution in [2.45, 2.75) is 4.90 Å². The third-order valence-electron chi connectivity index (χ3n) is 3.06. The SMILES string of the molecule is CSc1ccc(C(=O)/C(=C\N(C)C)Oc2ccc(Cl)cc2)c(Cl)c1. The summed E-state index contributed by atoms with van der Waals surface area (Å²) in [5.41, 5.74) is 0.400. The van der Waals surface area contributed by atoms with E-state index >= 15 is 0 Å².